The van der Waals surface area contributed by atoms with Crippen LogP contribution in [0.2, 0.25) is 0 Å². The van der Waals surface area contributed by atoms with Gasteiger partial charge in [0.05, 0.1) is 4.47 Å². The fourth-order valence-electron chi connectivity index (χ4n) is 3.81. The first-order chi connectivity index (χ1) is 12.6. The maximum Gasteiger partial charge on any atom is 0.129 e. The third-order valence-corrected chi connectivity index (χ3v) is 6.95. The Hall–Kier alpha value is -2.36. The summed E-state index contributed by atoms with van der Waals surface area (Å²) >= 11 is 5.34. The molecule has 0 bridgehead atoms. The second kappa shape index (κ2) is 5.83. The summed E-state index contributed by atoms with van der Waals surface area (Å²) < 4.78 is 3.36. The maximum atomic E-state index is 9.95. The molecule has 0 unspecified atom stereocenters. The number of phenols is 1. The van der Waals surface area contributed by atoms with Crippen LogP contribution in [-0.4, -0.2) is 5.11 Å². The van der Waals surface area contributed by atoms with Crippen LogP contribution in [0.1, 0.15) is 5.56 Å². The van der Waals surface area contributed by atoms with Gasteiger partial charge in [-0.2, -0.15) is 0 Å². The van der Waals surface area contributed by atoms with Crippen molar-refractivity contribution in [3.8, 4) is 16.9 Å². The highest BCUT2D eigenvalue weighted by Crippen LogP contribution is 2.46. The fraction of sp³-hybridized carbons (Fsp3) is 0.0435. The molecule has 0 saturated heterocycles. The van der Waals surface area contributed by atoms with Crippen molar-refractivity contribution < 1.29 is 5.11 Å². The lowest BCUT2D eigenvalue weighted by Gasteiger charge is -2.13. The first-order valence-corrected chi connectivity index (χ1v) is 10.1. The number of aryl methyl sites for hydroxylation is 1. The van der Waals surface area contributed by atoms with Crippen LogP contribution < -0.4 is 0 Å². The number of phenolic OH excluding ortho intramolecular Hbond substituents is 1. The van der Waals surface area contributed by atoms with Crippen molar-refractivity contribution >= 4 is 58.2 Å². The molecule has 5 rings (SSSR count). The molecule has 0 spiro atoms. The van der Waals surface area contributed by atoms with Crippen molar-refractivity contribution in [3.63, 3.8) is 0 Å². The monoisotopic (exact) mass is 418 g/mol. The van der Waals surface area contributed by atoms with E-state index in [2.05, 4.69) is 71.4 Å². The van der Waals surface area contributed by atoms with Crippen LogP contribution in [0, 0.1) is 6.92 Å². The van der Waals surface area contributed by atoms with Crippen LogP contribution >= 0.6 is 27.3 Å². The number of hydrogen-bond acceptors (Lipinski definition) is 2. The summed E-state index contributed by atoms with van der Waals surface area (Å²) in [6.07, 6.45) is 0. The van der Waals surface area contributed by atoms with E-state index in [1.807, 2.05) is 23.5 Å². The Morgan fingerprint density at radius 1 is 0.846 bits per heavy atom. The van der Waals surface area contributed by atoms with Gasteiger partial charge in [-0.15, -0.1) is 11.3 Å². The van der Waals surface area contributed by atoms with Crippen molar-refractivity contribution in [3.05, 3.63) is 76.8 Å². The molecule has 4 aromatic carbocycles. The summed E-state index contributed by atoms with van der Waals surface area (Å²) in [6, 6.07) is 23.0. The van der Waals surface area contributed by atoms with E-state index < -0.39 is 0 Å². The number of thiophene rings is 1. The Balaban J connectivity index is 2.07. The summed E-state index contributed by atoms with van der Waals surface area (Å²) in [4.78, 5) is 0. The van der Waals surface area contributed by atoms with Crippen LogP contribution in [-0.2, 0) is 0 Å². The van der Waals surface area contributed by atoms with Crippen LogP contribution in [0.3, 0.4) is 0 Å². The topological polar surface area (TPSA) is 20.2 Å². The minimum absolute atomic E-state index is 0.261. The van der Waals surface area contributed by atoms with Gasteiger partial charge < -0.3 is 5.11 Å². The number of benzene rings is 4. The Bertz CT molecular complexity index is 1320. The van der Waals surface area contributed by atoms with E-state index in [0.717, 1.165) is 5.56 Å². The molecule has 0 atom stereocenters. The molecular weight excluding hydrogens is 404 g/mol. The first-order valence-electron chi connectivity index (χ1n) is 8.46. The zero-order valence-electron chi connectivity index (χ0n) is 14.1. The predicted molar refractivity (Wildman–Crippen MR) is 116 cm³/mol. The van der Waals surface area contributed by atoms with Gasteiger partial charge in [-0.25, -0.2) is 0 Å². The third kappa shape index (κ3) is 2.21. The normalized spacial score (nSPS) is 11.6. The number of halogens is 1. The van der Waals surface area contributed by atoms with E-state index >= 15 is 0 Å². The highest BCUT2D eigenvalue weighted by Gasteiger charge is 2.18. The summed E-state index contributed by atoms with van der Waals surface area (Å²) in [5.74, 6) is 0.261. The molecule has 0 aliphatic carbocycles. The summed E-state index contributed by atoms with van der Waals surface area (Å²) in [5.41, 5.74) is 3.68. The van der Waals surface area contributed by atoms with E-state index in [-0.39, 0.29) is 5.75 Å². The van der Waals surface area contributed by atoms with E-state index in [4.69, 9.17) is 0 Å². The van der Waals surface area contributed by atoms with Gasteiger partial charge in [0.2, 0.25) is 0 Å². The molecule has 0 aliphatic heterocycles. The Kier molecular flexibility index (Phi) is 3.56. The van der Waals surface area contributed by atoms with E-state index in [1.54, 1.807) is 6.07 Å². The Morgan fingerprint density at radius 2 is 1.54 bits per heavy atom. The molecule has 0 aliphatic rings. The molecule has 26 heavy (non-hydrogen) atoms. The largest absolute Gasteiger partial charge is 0.507 e. The molecule has 1 N–H and O–H groups in total. The van der Waals surface area contributed by atoms with Gasteiger partial charge in [0.1, 0.15) is 5.75 Å². The number of hydrogen-bond donors (Lipinski definition) is 1. The quantitative estimate of drug-likeness (QED) is 0.296. The second-order valence-corrected chi connectivity index (χ2v) is 8.42. The van der Waals surface area contributed by atoms with Gasteiger partial charge in [0.25, 0.3) is 0 Å². The average molecular weight is 419 g/mol. The molecule has 0 saturated carbocycles. The lowest BCUT2D eigenvalue weighted by molar-refractivity contribution is 0.472. The molecular formula is C23H15BrOS. The smallest absolute Gasteiger partial charge is 0.129 e. The zero-order valence-corrected chi connectivity index (χ0v) is 16.5. The van der Waals surface area contributed by atoms with Crippen molar-refractivity contribution in [2.24, 2.45) is 0 Å². The lowest BCUT2D eigenvalue weighted by Crippen LogP contribution is -1.87. The summed E-state index contributed by atoms with van der Waals surface area (Å²) in [7, 11) is 0. The number of aromatic hydroxyl groups is 1. The molecule has 0 fully saturated rings. The fourth-order valence-corrected chi connectivity index (χ4v) is 5.41. The van der Waals surface area contributed by atoms with Gasteiger partial charge in [-0.3, -0.25) is 0 Å². The lowest BCUT2D eigenvalue weighted by atomic mass is 9.91. The van der Waals surface area contributed by atoms with Gasteiger partial charge in [0.15, 0.2) is 0 Å². The second-order valence-electron chi connectivity index (χ2n) is 6.51. The zero-order chi connectivity index (χ0) is 17.8. The maximum absolute atomic E-state index is 9.95. The summed E-state index contributed by atoms with van der Waals surface area (Å²) in [6.45, 7) is 2.22. The Morgan fingerprint density at radius 3 is 2.31 bits per heavy atom. The SMILES string of the molecule is Cc1c2ccccc2c(-c2ccc(O)c(Br)c2)c2c1sc1ccccc12. The van der Waals surface area contributed by atoms with E-state index in [0.29, 0.717) is 4.47 Å². The predicted octanol–water partition coefficient (Wildman–Crippen LogP) is 7.65. The van der Waals surface area contributed by atoms with Gasteiger partial charge in [-0.1, -0.05) is 48.5 Å². The van der Waals surface area contributed by atoms with Crippen LogP contribution in [0.5, 0.6) is 5.75 Å². The van der Waals surface area contributed by atoms with Gasteiger partial charge in [-0.05, 0) is 68.5 Å². The Labute approximate surface area is 163 Å². The molecule has 0 amide bonds. The molecule has 3 heteroatoms. The molecule has 0 radical (unpaired) electrons. The molecule has 126 valence electrons. The highest BCUT2D eigenvalue weighted by atomic mass is 79.9. The first kappa shape index (κ1) is 15.9. The van der Waals surface area contributed by atoms with Crippen molar-refractivity contribution in [1.29, 1.82) is 0 Å². The molecule has 1 heterocycles. The van der Waals surface area contributed by atoms with Crippen LogP contribution in [0.25, 0.3) is 42.1 Å². The number of rotatable bonds is 1. The van der Waals surface area contributed by atoms with Crippen molar-refractivity contribution in [2.75, 3.05) is 0 Å². The van der Waals surface area contributed by atoms with Crippen molar-refractivity contribution in [2.45, 2.75) is 6.92 Å². The summed E-state index contributed by atoms with van der Waals surface area (Å²) in [5, 5.41) is 15.1. The van der Waals surface area contributed by atoms with Gasteiger partial charge >= 0.3 is 0 Å². The van der Waals surface area contributed by atoms with Crippen LogP contribution in [0.15, 0.2) is 71.2 Å². The standard InChI is InChI=1S/C23H15BrOS/c1-13-15-6-2-3-7-16(15)21(14-10-11-19(25)18(24)12-14)22-17-8-4-5-9-20(17)26-23(13)22/h2-12,25H,1H3. The van der Waals surface area contributed by atoms with Crippen LogP contribution in [0.4, 0.5) is 0 Å². The van der Waals surface area contributed by atoms with Crippen molar-refractivity contribution in [1.82, 2.24) is 0 Å². The number of fused-ring (bicyclic) bond motifs is 4. The minimum atomic E-state index is 0.261. The van der Waals surface area contributed by atoms with E-state index in [1.165, 1.54) is 42.1 Å². The third-order valence-electron chi connectivity index (χ3n) is 5.02. The van der Waals surface area contributed by atoms with Gasteiger partial charge in [0, 0.05) is 20.2 Å². The minimum Gasteiger partial charge on any atom is -0.507 e. The van der Waals surface area contributed by atoms with E-state index in [9.17, 15) is 5.11 Å². The molecule has 1 nitrogen and oxygen atoms in total. The molecule has 5 aromatic rings. The highest BCUT2D eigenvalue weighted by molar-refractivity contribution is 9.10. The molecule has 1 aromatic heterocycles. The average Bonchev–Trinajstić information content (AvgIpc) is 3.05.